The van der Waals surface area contributed by atoms with Gasteiger partial charge in [0.15, 0.2) is 0 Å². The van der Waals surface area contributed by atoms with Crippen molar-refractivity contribution in [2.45, 2.75) is 6.92 Å². The molecule has 19 heavy (non-hydrogen) atoms. The van der Waals surface area contributed by atoms with E-state index in [1.165, 1.54) is 0 Å². The van der Waals surface area contributed by atoms with E-state index in [1.54, 1.807) is 0 Å². The lowest BCUT2D eigenvalue weighted by molar-refractivity contribution is 0.432. The van der Waals surface area contributed by atoms with Crippen molar-refractivity contribution in [1.82, 2.24) is 15.1 Å². The normalized spacial score (nSPS) is 10.8. The molecular formula is C13H11BrN4O. The number of benzene rings is 1. The maximum atomic E-state index is 5.09. The van der Waals surface area contributed by atoms with Crippen LogP contribution in [0.5, 0.6) is 0 Å². The quantitative estimate of drug-likeness (QED) is 0.801. The van der Waals surface area contributed by atoms with E-state index in [4.69, 9.17) is 4.52 Å². The Balaban J connectivity index is 2.10. The van der Waals surface area contributed by atoms with Gasteiger partial charge in [-0.25, -0.2) is 4.98 Å². The number of hydrogen-bond donors (Lipinski definition) is 1. The van der Waals surface area contributed by atoms with Crippen molar-refractivity contribution in [3.05, 3.63) is 34.8 Å². The molecule has 0 amide bonds. The first-order valence-electron chi connectivity index (χ1n) is 5.91. The average molecular weight is 319 g/mol. The van der Waals surface area contributed by atoms with Crippen molar-refractivity contribution in [2.24, 2.45) is 0 Å². The van der Waals surface area contributed by atoms with Crippen LogP contribution in [0.1, 0.15) is 6.92 Å². The van der Waals surface area contributed by atoms with Crippen LogP contribution in [0.4, 0.5) is 6.01 Å². The molecule has 0 spiro atoms. The Morgan fingerprint density at radius 1 is 1.26 bits per heavy atom. The van der Waals surface area contributed by atoms with E-state index in [1.807, 2.05) is 37.3 Å². The first-order chi connectivity index (χ1) is 9.28. The number of nitrogens with one attached hydrogen (secondary N) is 1. The summed E-state index contributed by atoms with van der Waals surface area (Å²) in [6.07, 6.45) is 0. The Morgan fingerprint density at radius 3 is 2.95 bits per heavy atom. The zero-order valence-corrected chi connectivity index (χ0v) is 11.8. The number of aromatic nitrogens is 3. The van der Waals surface area contributed by atoms with Crippen LogP contribution in [0.3, 0.4) is 0 Å². The lowest BCUT2D eigenvalue weighted by Crippen LogP contribution is -1.96. The maximum absolute atomic E-state index is 5.09. The fourth-order valence-corrected chi connectivity index (χ4v) is 2.30. The number of nitrogens with zero attached hydrogens (tertiary/aromatic N) is 3. The van der Waals surface area contributed by atoms with E-state index in [-0.39, 0.29) is 0 Å². The highest BCUT2D eigenvalue weighted by atomic mass is 79.9. The second kappa shape index (κ2) is 4.97. The Bertz CT molecular complexity index is 725. The number of anilines is 1. The standard InChI is InChI=1S/C13H11BrN4O/c1-2-15-13-17-12(18-19-13)11-9(14)7-8-5-3-4-6-10(8)16-11/h3-7H,2H2,1H3,(H,15,17,18). The Labute approximate surface area is 118 Å². The summed E-state index contributed by atoms with van der Waals surface area (Å²) in [5.74, 6) is 0.466. The molecule has 2 heterocycles. The summed E-state index contributed by atoms with van der Waals surface area (Å²) in [6.45, 7) is 2.70. The van der Waals surface area contributed by atoms with Gasteiger partial charge in [0.2, 0.25) is 5.82 Å². The minimum Gasteiger partial charge on any atom is -0.338 e. The van der Waals surface area contributed by atoms with E-state index in [0.717, 1.165) is 21.9 Å². The van der Waals surface area contributed by atoms with Gasteiger partial charge in [0.1, 0.15) is 5.69 Å². The van der Waals surface area contributed by atoms with Crippen molar-refractivity contribution in [3.63, 3.8) is 0 Å². The minimum absolute atomic E-state index is 0.402. The number of halogens is 1. The van der Waals surface area contributed by atoms with Crippen molar-refractivity contribution < 1.29 is 4.52 Å². The summed E-state index contributed by atoms with van der Waals surface area (Å²) in [7, 11) is 0. The van der Waals surface area contributed by atoms with E-state index in [9.17, 15) is 0 Å². The molecule has 0 bridgehead atoms. The highest BCUT2D eigenvalue weighted by Gasteiger charge is 2.13. The minimum atomic E-state index is 0.402. The predicted molar refractivity (Wildman–Crippen MR) is 76.9 cm³/mol. The molecule has 5 nitrogen and oxygen atoms in total. The first kappa shape index (κ1) is 12.1. The van der Waals surface area contributed by atoms with E-state index in [2.05, 4.69) is 36.4 Å². The smallest absolute Gasteiger partial charge is 0.321 e. The molecule has 3 aromatic rings. The summed E-state index contributed by atoms with van der Waals surface area (Å²) in [4.78, 5) is 8.82. The van der Waals surface area contributed by atoms with E-state index >= 15 is 0 Å². The summed E-state index contributed by atoms with van der Waals surface area (Å²) >= 11 is 3.50. The third kappa shape index (κ3) is 2.31. The largest absolute Gasteiger partial charge is 0.338 e. The molecule has 0 fully saturated rings. The second-order valence-electron chi connectivity index (χ2n) is 3.96. The van der Waals surface area contributed by atoms with Gasteiger partial charge in [0.05, 0.1) is 5.52 Å². The average Bonchev–Trinajstić information content (AvgIpc) is 2.87. The van der Waals surface area contributed by atoms with Crippen LogP contribution in [-0.4, -0.2) is 21.7 Å². The molecule has 0 radical (unpaired) electrons. The fourth-order valence-electron chi connectivity index (χ4n) is 1.79. The van der Waals surface area contributed by atoms with Crippen LogP contribution in [0.25, 0.3) is 22.4 Å². The first-order valence-corrected chi connectivity index (χ1v) is 6.70. The third-order valence-corrected chi connectivity index (χ3v) is 3.25. The fraction of sp³-hybridized carbons (Fsp3) is 0.154. The monoisotopic (exact) mass is 318 g/mol. The Hall–Kier alpha value is -1.95. The van der Waals surface area contributed by atoms with Gasteiger partial charge < -0.3 is 9.84 Å². The van der Waals surface area contributed by atoms with Gasteiger partial charge >= 0.3 is 6.01 Å². The molecule has 1 aromatic carbocycles. The number of hydrogen-bond acceptors (Lipinski definition) is 5. The van der Waals surface area contributed by atoms with Crippen LogP contribution in [-0.2, 0) is 0 Å². The molecule has 96 valence electrons. The van der Waals surface area contributed by atoms with Gasteiger partial charge in [0.25, 0.3) is 0 Å². The van der Waals surface area contributed by atoms with Crippen molar-refractivity contribution in [2.75, 3.05) is 11.9 Å². The van der Waals surface area contributed by atoms with Gasteiger partial charge in [-0.2, -0.15) is 4.98 Å². The zero-order valence-electron chi connectivity index (χ0n) is 10.2. The number of rotatable bonds is 3. The molecule has 0 unspecified atom stereocenters. The number of para-hydroxylation sites is 1. The molecule has 0 atom stereocenters. The summed E-state index contributed by atoms with van der Waals surface area (Å²) in [5.41, 5.74) is 1.57. The molecule has 0 aliphatic carbocycles. The molecule has 0 aliphatic heterocycles. The molecule has 0 saturated heterocycles. The van der Waals surface area contributed by atoms with Crippen molar-refractivity contribution in [1.29, 1.82) is 0 Å². The summed E-state index contributed by atoms with van der Waals surface area (Å²) in [5, 5.41) is 7.97. The molecule has 0 saturated carbocycles. The lowest BCUT2D eigenvalue weighted by atomic mass is 10.2. The lowest BCUT2D eigenvalue weighted by Gasteiger charge is -2.02. The molecule has 1 N–H and O–H groups in total. The van der Waals surface area contributed by atoms with Gasteiger partial charge in [-0.3, -0.25) is 0 Å². The Kier molecular flexibility index (Phi) is 3.16. The van der Waals surface area contributed by atoms with Crippen LogP contribution in [0, 0.1) is 0 Å². The zero-order chi connectivity index (χ0) is 13.2. The van der Waals surface area contributed by atoms with E-state index < -0.39 is 0 Å². The number of pyridine rings is 1. The molecule has 2 aromatic heterocycles. The summed E-state index contributed by atoms with van der Waals surface area (Å²) in [6, 6.07) is 10.3. The van der Waals surface area contributed by atoms with E-state index in [0.29, 0.717) is 17.5 Å². The third-order valence-electron chi connectivity index (χ3n) is 2.64. The molecule has 6 heteroatoms. The van der Waals surface area contributed by atoms with Gasteiger partial charge in [-0.1, -0.05) is 23.4 Å². The SMILES string of the molecule is CCNc1nc(-c2nc3ccccc3cc2Br)no1. The van der Waals surface area contributed by atoms with Crippen LogP contribution in [0.15, 0.2) is 39.3 Å². The van der Waals surface area contributed by atoms with Gasteiger partial charge in [0, 0.05) is 16.4 Å². The topological polar surface area (TPSA) is 63.8 Å². The maximum Gasteiger partial charge on any atom is 0.321 e. The number of fused-ring (bicyclic) bond motifs is 1. The summed E-state index contributed by atoms with van der Waals surface area (Å²) < 4.78 is 5.94. The molecular weight excluding hydrogens is 308 g/mol. The predicted octanol–water partition coefficient (Wildman–Crippen LogP) is 3.48. The van der Waals surface area contributed by atoms with Crippen molar-refractivity contribution >= 4 is 32.8 Å². The van der Waals surface area contributed by atoms with Gasteiger partial charge in [-0.15, -0.1) is 0 Å². The van der Waals surface area contributed by atoms with Crippen molar-refractivity contribution in [3.8, 4) is 11.5 Å². The van der Waals surface area contributed by atoms with Crippen LogP contribution >= 0.6 is 15.9 Å². The highest BCUT2D eigenvalue weighted by Crippen LogP contribution is 2.28. The van der Waals surface area contributed by atoms with Crippen LogP contribution < -0.4 is 5.32 Å². The van der Waals surface area contributed by atoms with Crippen LogP contribution in [0.2, 0.25) is 0 Å². The highest BCUT2D eigenvalue weighted by molar-refractivity contribution is 9.10. The van der Waals surface area contributed by atoms with Gasteiger partial charge in [-0.05, 0) is 35.0 Å². The Morgan fingerprint density at radius 2 is 2.11 bits per heavy atom. The second-order valence-corrected chi connectivity index (χ2v) is 4.82. The molecule has 3 rings (SSSR count). The molecule has 0 aliphatic rings.